The molecule has 0 aliphatic carbocycles. The second-order valence-electron chi connectivity index (χ2n) is 5.84. The number of carbonyl (C=O) groups is 2. The van der Waals surface area contributed by atoms with Crippen LogP contribution in [0.1, 0.15) is 47.5 Å². The lowest BCUT2D eigenvalue weighted by atomic mass is 9.98. The van der Waals surface area contributed by atoms with E-state index in [1.54, 1.807) is 20.8 Å². The highest BCUT2D eigenvalue weighted by molar-refractivity contribution is 9.09. The van der Waals surface area contributed by atoms with E-state index in [-0.39, 0.29) is 11.8 Å². The van der Waals surface area contributed by atoms with Gasteiger partial charge in [-0.2, -0.15) is 0 Å². The molecule has 0 radical (unpaired) electrons. The van der Waals surface area contributed by atoms with Crippen LogP contribution in [0.3, 0.4) is 0 Å². The van der Waals surface area contributed by atoms with Gasteiger partial charge in [0, 0.05) is 11.9 Å². The average Bonchev–Trinajstić information content (AvgIpc) is 2.33. The summed E-state index contributed by atoms with van der Waals surface area (Å²) in [5.41, 5.74) is -0.573. The van der Waals surface area contributed by atoms with Crippen molar-refractivity contribution < 1.29 is 14.3 Å². The maximum atomic E-state index is 12.1. The summed E-state index contributed by atoms with van der Waals surface area (Å²) < 4.78 is 5.20. The molecule has 5 nitrogen and oxygen atoms in total. The van der Waals surface area contributed by atoms with Crippen molar-refractivity contribution in [2.75, 3.05) is 11.9 Å². The van der Waals surface area contributed by atoms with Crippen molar-refractivity contribution in [3.8, 4) is 0 Å². The van der Waals surface area contributed by atoms with E-state index >= 15 is 0 Å². The normalized spacial score (nSPS) is 14.3. The molecule has 0 fully saturated rings. The van der Waals surface area contributed by atoms with Crippen LogP contribution in [0.2, 0.25) is 0 Å². The molecule has 0 saturated heterocycles. The Kier molecular flexibility index (Phi) is 8.85. The van der Waals surface area contributed by atoms with Crippen molar-refractivity contribution in [1.82, 2.24) is 10.6 Å². The Balaban J connectivity index is 4.56. The van der Waals surface area contributed by atoms with Gasteiger partial charge in [-0.1, -0.05) is 36.2 Å². The van der Waals surface area contributed by atoms with Crippen LogP contribution in [-0.2, 0) is 9.53 Å². The van der Waals surface area contributed by atoms with Crippen molar-refractivity contribution in [3.05, 3.63) is 0 Å². The summed E-state index contributed by atoms with van der Waals surface area (Å²) in [5.74, 6) is -0.113. The van der Waals surface area contributed by atoms with Crippen molar-refractivity contribution in [2.45, 2.75) is 59.1 Å². The Labute approximate surface area is 130 Å². The monoisotopic (exact) mass is 350 g/mol. The highest BCUT2D eigenvalue weighted by atomic mass is 79.9. The van der Waals surface area contributed by atoms with Crippen LogP contribution in [0, 0.1) is 5.92 Å². The van der Waals surface area contributed by atoms with Gasteiger partial charge in [0.15, 0.2) is 0 Å². The maximum absolute atomic E-state index is 12.1. The summed E-state index contributed by atoms with van der Waals surface area (Å²) in [6.07, 6.45) is 1.09. The highest BCUT2D eigenvalue weighted by Gasteiger charge is 2.27. The largest absolute Gasteiger partial charge is 0.444 e. The lowest BCUT2D eigenvalue weighted by molar-refractivity contribution is -0.124. The topological polar surface area (TPSA) is 67.4 Å². The first-order chi connectivity index (χ1) is 9.21. The first-order valence-corrected chi connectivity index (χ1v) is 8.16. The first-order valence-electron chi connectivity index (χ1n) is 7.04. The zero-order valence-electron chi connectivity index (χ0n) is 13.1. The molecule has 0 saturated carbocycles. The van der Waals surface area contributed by atoms with E-state index in [9.17, 15) is 9.59 Å². The number of amides is 2. The number of hydrogen-bond acceptors (Lipinski definition) is 3. The van der Waals surface area contributed by atoms with E-state index in [0.29, 0.717) is 6.54 Å². The average molecular weight is 351 g/mol. The minimum Gasteiger partial charge on any atom is -0.444 e. The molecule has 0 bridgehead atoms. The molecule has 2 N–H and O–H groups in total. The van der Waals surface area contributed by atoms with Gasteiger partial charge >= 0.3 is 6.09 Å². The molecule has 0 rings (SSSR count). The Morgan fingerprint density at radius 1 is 1.30 bits per heavy atom. The zero-order chi connectivity index (χ0) is 15.8. The molecule has 6 heteroatoms. The van der Waals surface area contributed by atoms with Crippen LogP contribution >= 0.6 is 15.9 Å². The van der Waals surface area contributed by atoms with Gasteiger partial charge in [-0.15, -0.1) is 0 Å². The van der Waals surface area contributed by atoms with Gasteiger partial charge in [0.2, 0.25) is 5.91 Å². The second kappa shape index (κ2) is 9.21. The molecule has 0 spiro atoms. The number of carbonyl (C=O) groups excluding carboxylic acids is 2. The van der Waals surface area contributed by atoms with Gasteiger partial charge in [0.05, 0.1) is 0 Å². The lowest BCUT2D eigenvalue weighted by Crippen LogP contribution is -2.51. The van der Waals surface area contributed by atoms with Crippen molar-refractivity contribution in [3.63, 3.8) is 0 Å². The van der Waals surface area contributed by atoms with E-state index in [2.05, 4.69) is 26.6 Å². The smallest absolute Gasteiger partial charge is 0.408 e. The molecule has 20 heavy (non-hydrogen) atoms. The third kappa shape index (κ3) is 8.40. The molecular weight excluding hydrogens is 324 g/mol. The lowest BCUT2D eigenvalue weighted by Gasteiger charge is -2.26. The summed E-state index contributed by atoms with van der Waals surface area (Å²) in [6.45, 7) is 9.89. The molecule has 2 amide bonds. The fourth-order valence-corrected chi connectivity index (χ4v) is 1.81. The summed E-state index contributed by atoms with van der Waals surface area (Å²) in [5, 5.41) is 6.33. The molecule has 0 aromatic heterocycles. The summed E-state index contributed by atoms with van der Waals surface area (Å²) in [7, 11) is 0. The van der Waals surface area contributed by atoms with Crippen LogP contribution in [0.4, 0.5) is 4.79 Å². The number of rotatable bonds is 7. The van der Waals surface area contributed by atoms with Gasteiger partial charge in [-0.05, 0) is 33.1 Å². The van der Waals surface area contributed by atoms with Crippen LogP contribution in [0.25, 0.3) is 0 Å². The first kappa shape index (κ1) is 19.2. The van der Waals surface area contributed by atoms with Crippen LogP contribution in [-0.4, -0.2) is 35.5 Å². The van der Waals surface area contributed by atoms with E-state index < -0.39 is 17.7 Å². The minimum absolute atomic E-state index is 0.0477. The summed E-state index contributed by atoms with van der Waals surface area (Å²) in [4.78, 5) is 23.9. The van der Waals surface area contributed by atoms with Gasteiger partial charge in [-0.3, -0.25) is 4.79 Å². The molecule has 0 aromatic carbocycles. The molecular formula is C14H27BrN2O3. The Morgan fingerprint density at radius 3 is 2.35 bits per heavy atom. The number of alkyl carbamates (subject to hydrolysis) is 1. The van der Waals surface area contributed by atoms with Crippen molar-refractivity contribution in [2.24, 2.45) is 5.92 Å². The highest BCUT2D eigenvalue weighted by Crippen LogP contribution is 2.11. The molecule has 2 atom stereocenters. The predicted molar refractivity (Wildman–Crippen MR) is 84.0 cm³/mol. The van der Waals surface area contributed by atoms with Crippen molar-refractivity contribution in [1.29, 1.82) is 0 Å². The van der Waals surface area contributed by atoms with E-state index in [4.69, 9.17) is 4.74 Å². The summed E-state index contributed by atoms with van der Waals surface area (Å²) in [6, 6.07) is -0.565. The van der Waals surface area contributed by atoms with Gasteiger partial charge in [0.1, 0.15) is 11.6 Å². The van der Waals surface area contributed by atoms with E-state index in [1.165, 1.54) is 0 Å². The molecule has 118 valence electrons. The van der Waals surface area contributed by atoms with Crippen LogP contribution in [0.5, 0.6) is 0 Å². The molecule has 0 aromatic rings. The number of alkyl halides is 1. The zero-order valence-corrected chi connectivity index (χ0v) is 14.7. The third-order valence-corrected chi connectivity index (χ3v) is 3.34. The standard InChI is InChI=1S/C14H27BrN2O3/c1-6-10(2)11(12(18)16-9-7-8-15)17-13(19)20-14(3,4)5/h10-11H,6-9H2,1-5H3,(H,16,18)(H,17,19)/t10?,11-/m0/s1. The van der Waals surface area contributed by atoms with E-state index in [1.807, 2.05) is 13.8 Å². The van der Waals surface area contributed by atoms with Crippen molar-refractivity contribution >= 4 is 27.9 Å². The van der Waals surface area contributed by atoms with Crippen LogP contribution in [0.15, 0.2) is 0 Å². The molecule has 0 aliphatic heterocycles. The number of hydrogen-bond donors (Lipinski definition) is 2. The number of halogens is 1. The fourth-order valence-electron chi connectivity index (χ4n) is 1.52. The predicted octanol–water partition coefficient (Wildman–Crippen LogP) is 2.83. The quantitative estimate of drug-likeness (QED) is 0.548. The SMILES string of the molecule is CCC(C)[C@H](NC(=O)OC(C)(C)C)C(=O)NCCCBr. The number of ether oxygens (including phenoxy) is 1. The van der Waals surface area contributed by atoms with Gasteiger partial charge in [0.25, 0.3) is 0 Å². The van der Waals surface area contributed by atoms with Gasteiger partial charge < -0.3 is 15.4 Å². The fraction of sp³-hybridized carbons (Fsp3) is 0.857. The molecule has 1 unspecified atom stereocenters. The molecule has 0 heterocycles. The van der Waals surface area contributed by atoms with E-state index in [0.717, 1.165) is 18.2 Å². The summed E-state index contributed by atoms with van der Waals surface area (Å²) >= 11 is 3.31. The maximum Gasteiger partial charge on any atom is 0.408 e. The Morgan fingerprint density at radius 2 is 1.90 bits per heavy atom. The minimum atomic E-state index is -0.573. The Hall–Kier alpha value is -0.780. The van der Waals surface area contributed by atoms with Gasteiger partial charge in [-0.25, -0.2) is 4.79 Å². The number of nitrogens with one attached hydrogen (secondary N) is 2. The Bertz CT molecular complexity index is 316. The third-order valence-electron chi connectivity index (χ3n) is 2.78. The molecule has 0 aliphatic rings. The van der Waals surface area contributed by atoms with Crippen LogP contribution < -0.4 is 10.6 Å². The second-order valence-corrected chi connectivity index (χ2v) is 6.64.